The summed E-state index contributed by atoms with van der Waals surface area (Å²) in [5.41, 5.74) is -2.23. The number of alkyl halides is 3. The van der Waals surface area contributed by atoms with Crippen LogP contribution in [0.1, 0.15) is 43.1 Å². The monoisotopic (exact) mass is 284 g/mol. The van der Waals surface area contributed by atoms with Crippen molar-refractivity contribution in [2.45, 2.75) is 39.0 Å². The van der Waals surface area contributed by atoms with Crippen molar-refractivity contribution in [2.24, 2.45) is 15.6 Å². The molecule has 0 spiro atoms. The summed E-state index contributed by atoms with van der Waals surface area (Å²) >= 11 is 0. The van der Waals surface area contributed by atoms with Crippen LogP contribution in [-0.2, 0) is 5.66 Å². The van der Waals surface area contributed by atoms with Crippen molar-refractivity contribution in [3.8, 4) is 0 Å². The van der Waals surface area contributed by atoms with E-state index in [1.165, 1.54) is 24.3 Å². The van der Waals surface area contributed by atoms with Crippen molar-refractivity contribution in [3.63, 3.8) is 0 Å². The van der Waals surface area contributed by atoms with Gasteiger partial charge in [0, 0.05) is 17.5 Å². The van der Waals surface area contributed by atoms with Gasteiger partial charge in [0.25, 0.3) is 0 Å². The zero-order valence-corrected chi connectivity index (χ0v) is 11.5. The van der Waals surface area contributed by atoms with Gasteiger partial charge in [-0.25, -0.2) is 0 Å². The van der Waals surface area contributed by atoms with Crippen molar-refractivity contribution < 1.29 is 18.0 Å². The number of carbonyl (C=O) groups is 1. The van der Waals surface area contributed by atoms with E-state index in [1.54, 1.807) is 0 Å². The van der Waals surface area contributed by atoms with Gasteiger partial charge in [-0.15, -0.1) is 10.2 Å². The van der Waals surface area contributed by atoms with E-state index in [0.29, 0.717) is 12.0 Å². The minimum Gasteiger partial charge on any atom is -0.294 e. The SMILES string of the molecule is CC(C)(C)CC(=O)c1ccc(C2(C(F)(F)F)N=N2)cc1. The van der Waals surface area contributed by atoms with Gasteiger partial charge in [0.15, 0.2) is 5.78 Å². The van der Waals surface area contributed by atoms with Crippen molar-refractivity contribution in [2.75, 3.05) is 0 Å². The van der Waals surface area contributed by atoms with Gasteiger partial charge in [-0.2, -0.15) is 13.2 Å². The number of benzene rings is 1. The quantitative estimate of drug-likeness (QED) is 0.754. The first-order chi connectivity index (χ1) is 9.05. The Morgan fingerprint density at radius 2 is 1.60 bits per heavy atom. The van der Waals surface area contributed by atoms with Crippen LogP contribution in [0.25, 0.3) is 0 Å². The van der Waals surface area contributed by atoms with E-state index in [4.69, 9.17) is 0 Å². The van der Waals surface area contributed by atoms with E-state index in [0.717, 1.165) is 0 Å². The number of halogens is 3. The van der Waals surface area contributed by atoms with Crippen LogP contribution in [0.4, 0.5) is 13.2 Å². The maximum atomic E-state index is 12.8. The van der Waals surface area contributed by atoms with Crippen LogP contribution >= 0.6 is 0 Å². The highest BCUT2D eigenvalue weighted by Gasteiger charge is 2.65. The van der Waals surface area contributed by atoms with Crippen molar-refractivity contribution in [1.29, 1.82) is 0 Å². The number of hydrogen-bond acceptors (Lipinski definition) is 3. The summed E-state index contributed by atoms with van der Waals surface area (Å²) in [6, 6.07) is 5.34. The molecule has 1 aliphatic rings. The summed E-state index contributed by atoms with van der Waals surface area (Å²) in [5.74, 6) is -0.0882. The van der Waals surface area contributed by atoms with Gasteiger partial charge in [-0.05, 0) is 5.41 Å². The highest BCUT2D eigenvalue weighted by Crippen LogP contribution is 2.52. The summed E-state index contributed by atoms with van der Waals surface area (Å²) < 4.78 is 38.4. The molecule has 108 valence electrons. The van der Waals surface area contributed by atoms with Crippen LogP contribution < -0.4 is 0 Å². The third-order valence-corrected chi connectivity index (χ3v) is 3.00. The van der Waals surface area contributed by atoms with Crippen LogP contribution in [0.15, 0.2) is 34.5 Å². The summed E-state index contributed by atoms with van der Waals surface area (Å²) in [6.45, 7) is 5.79. The van der Waals surface area contributed by atoms with Crippen LogP contribution in [0, 0.1) is 5.41 Å². The second-order valence-electron chi connectivity index (χ2n) is 6.11. The molecular formula is C14H15F3N2O. The Balaban J connectivity index is 2.18. The average Bonchev–Trinajstić information content (AvgIpc) is 3.07. The molecule has 0 N–H and O–H groups in total. The molecule has 0 atom stereocenters. The fourth-order valence-corrected chi connectivity index (χ4v) is 1.91. The second kappa shape index (κ2) is 4.40. The smallest absolute Gasteiger partial charge is 0.294 e. The Morgan fingerprint density at radius 1 is 1.10 bits per heavy atom. The minimum atomic E-state index is -4.54. The van der Waals surface area contributed by atoms with Crippen molar-refractivity contribution in [1.82, 2.24) is 0 Å². The Labute approximate surface area is 114 Å². The van der Waals surface area contributed by atoms with Crippen molar-refractivity contribution in [3.05, 3.63) is 35.4 Å². The lowest BCUT2D eigenvalue weighted by molar-refractivity contribution is -0.166. The van der Waals surface area contributed by atoms with Crippen LogP contribution in [0.2, 0.25) is 0 Å². The van der Waals surface area contributed by atoms with Gasteiger partial charge in [0.2, 0.25) is 0 Å². The molecule has 6 heteroatoms. The summed E-state index contributed by atoms with van der Waals surface area (Å²) in [7, 11) is 0. The topological polar surface area (TPSA) is 41.8 Å². The molecule has 1 aromatic carbocycles. The first-order valence-corrected chi connectivity index (χ1v) is 6.20. The normalized spacial score (nSPS) is 17.1. The lowest BCUT2D eigenvalue weighted by atomic mass is 9.87. The molecule has 2 rings (SSSR count). The number of carbonyl (C=O) groups excluding carboxylic acids is 1. The number of ketones is 1. The van der Waals surface area contributed by atoms with E-state index in [9.17, 15) is 18.0 Å². The van der Waals surface area contributed by atoms with Gasteiger partial charge >= 0.3 is 11.8 Å². The van der Waals surface area contributed by atoms with Crippen LogP contribution in [0.5, 0.6) is 0 Å². The number of hydrogen-bond donors (Lipinski definition) is 0. The molecule has 3 nitrogen and oxygen atoms in total. The zero-order valence-electron chi connectivity index (χ0n) is 11.5. The highest BCUT2D eigenvalue weighted by molar-refractivity contribution is 5.96. The molecule has 0 fully saturated rings. The van der Waals surface area contributed by atoms with E-state index < -0.39 is 11.8 Å². The van der Waals surface area contributed by atoms with Gasteiger partial charge in [0.05, 0.1) is 0 Å². The molecule has 1 heterocycles. The molecule has 0 saturated heterocycles. The molecule has 0 unspecified atom stereocenters. The number of rotatable bonds is 3. The van der Waals surface area contributed by atoms with E-state index in [1.807, 2.05) is 20.8 Å². The van der Waals surface area contributed by atoms with Gasteiger partial charge in [0.1, 0.15) is 0 Å². The largest absolute Gasteiger partial charge is 0.442 e. The number of nitrogens with zero attached hydrogens (tertiary/aromatic N) is 2. The fourth-order valence-electron chi connectivity index (χ4n) is 1.91. The zero-order chi connectivity index (χ0) is 15.2. The minimum absolute atomic E-state index is 0.0580. The maximum Gasteiger partial charge on any atom is 0.442 e. The van der Waals surface area contributed by atoms with E-state index in [-0.39, 0.29) is 16.8 Å². The molecule has 0 saturated carbocycles. The molecule has 0 amide bonds. The Hall–Kier alpha value is -1.72. The Morgan fingerprint density at radius 3 is 1.95 bits per heavy atom. The molecule has 0 radical (unpaired) electrons. The average molecular weight is 284 g/mol. The molecule has 20 heavy (non-hydrogen) atoms. The standard InChI is InChI=1S/C14H15F3N2O/c1-12(2,3)8-11(20)9-4-6-10(7-5-9)13(18-19-13)14(15,16)17/h4-7H,8H2,1-3H3. The highest BCUT2D eigenvalue weighted by atomic mass is 19.4. The lowest BCUT2D eigenvalue weighted by Gasteiger charge is -2.17. The summed E-state index contributed by atoms with van der Waals surface area (Å²) in [5, 5.41) is 6.25. The Bertz CT molecular complexity index is 547. The molecule has 0 aromatic heterocycles. The summed E-state index contributed by atoms with van der Waals surface area (Å²) in [6.07, 6.45) is -4.20. The molecule has 1 aromatic rings. The third kappa shape index (κ3) is 2.73. The van der Waals surface area contributed by atoms with E-state index >= 15 is 0 Å². The van der Waals surface area contributed by atoms with Crippen molar-refractivity contribution >= 4 is 5.78 Å². The van der Waals surface area contributed by atoms with Gasteiger partial charge in [-0.3, -0.25) is 4.79 Å². The second-order valence-corrected chi connectivity index (χ2v) is 6.11. The van der Waals surface area contributed by atoms with Crippen LogP contribution in [0.3, 0.4) is 0 Å². The number of Topliss-reactive ketones (excluding diaryl/α,β-unsaturated/α-hetero) is 1. The predicted octanol–water partition coefficient (Wildman–Crippen LogP) is 4.49. The summed E-state index contributed by atoms with van der Waals surface area (Å²) in [4.78, 5) is 12.0. The first-order valence-electron chi connectivity index (χ1n) is 6.20. The third-order valence-electron chi connectivity index (χ3n) is 3.00. The lowest BCUT2D eigenvalue weighted by Crippen LogP contribution is -2.30. The molecular weight excluding hydrogens is 269 g/mol. The first kappa shape index (κ1) is 14.7. The molecule has 0 bridgehead atoms. The Kier molecular flexibility index (Phi) is 3.23. The van der Waals surface area contributed by atoms with Gasteiger partial charge < -0.3 is 0 Å². The van der Waals surface area contributed by atoms with E-state index in [2.05, 4.69) is 10.2 Å². The predicted molar refractivity (Wildman–Crippen MR) is 67.4 cm³/mol. The van der Waals surface area contributed by atoms with Gasteiger partial charge in [-0.1, -0.05) is 45.0 Å². The fraction of sp³-hybridized carbons (Fsp3) is 0.500. The molecule has 0 aliphatic carbocycles. The van der Waals surface area contributed by atoms with Crippen LogP contribution in [-0.4, -0.2) is 12.0 Å². The maximum absolute atomic E-state index is 12.8. The molecule has 1 aliphatic heterocycles.